The Kier molecular flexibility index (Phi) is 14.3. The van der Waals surface area contributed by atoms with Crippen LogP contribution in [0.4, 0.5) is 0 Å². The van der Waals surface area contributed by atoms with E-state index in [0.29, 0.717) is 24.7 Å². The van der Waals surface area contributed by atoms with Crippen molar-refractivity contribution in [1.82, 2.24) is 0 Å². The Morgan fingerprint density at radius 1 is 0.543 bits per heavy atom. The SMILES string of the molecule is CCCCCCCCCCC1(C(=O)OC(=O)/C=C\C(=O)OC(=O)C2(CCCCCCCCCC)CC3C=CC2C3)CC2C=CC1C2. The van der Waals surface area contributed by atoms with Crippen molar-refractivity contribution in [3.05, 3.63) is 36.5 Å². The lowest BCUT2D eigenvalue weighted by Crippen LogP contribution is -2.38. The molecule has 0 heterocycles. The third-order valence-electron chi connectivity index (χ3n) is 11.5. The number of carbonyl (C=O) groups is 4. The van der Waals surface area contributed by atoms with Crippen LogP contribution in [0.25, 0.3) is 0 Å². The first kappa shape index (κ1) is 36.3. The standard InChI is InChI=1S/C40H60O6/c1-3-5-7-9-11-13-15-17-25-39(29-31-19-21-33(39)27-31)37(43)45-35(41)23-24-36(42)46-38(44)40(30-32-20-22-34(40)28-32)26-18-16-14-12-10-8-6-4-2/h19-24,31-34H,3-18,25-30H2,1-2H3/b24-23-. The van der Waals surface area contributed by atoms with Crippen molar-refractivity contribution in [3.8, 4) is 0 Å². The monoisotopic (exact) mass is 636 g/mol. The predicted octanol–water partition coefficient (Wildman–Crippen LogP) is 9.91. The average Bonchev–Trinajstić information content (AvgIpc) is 3.85. The van der Waals surface area contributed by atoms with Crippen LogP contribution >= 0.6 is 0 Å². The minimum atomic E-state index is -0.882. The largest absolute Gasteiger partial charge is 0.389 e. The fourth-order valence-corrected chi connectivity index (χ4v) is 8.90. The van der Waals surface area contributed by atoms with Crippen molar-refractivity contribution >= 4 is 23.9 Å². The maximum atomic E-state index is 13.4. The lowest BCUT2D eigenvalue weighted by Gasteiger charge is -2.33. The molecule has 0 N–H and O–H groups in total. The number of hydrogen-bond acceptors (Lipinski definition) is 6. The van der Waals surface area contributed by atoms with Crippen molar-refractivity contribution in [2.24, 2.45) is 34.5 Å². The molecule has 0 amide bonds. The molecule has 4 aliphatic carbocycles. The predicted molar refractivity (Wildman–Crippen MR) is 181 cm³/mol. The second kappa shape index (κ2) is 18.2. The van der Waals surface area contributed by atoms with E-state index < -0.39 is 34.7 Å². The van der Waals surface area contributed by atoms with E-state index >= 15 is 0 Å². The molecular formula is C40H60O6. The molecule has 4 rings (SSSR count). The van der Waals surface area contributed by atoms with E-state index in [-0.39, 0.29) is 11.8 Å². The van der Waals surface area contributed by atoms with Gasteiger partial charge in [0.1, 0.15) is 0 Å². The van der Waals surface area contributed by atoms with Gasteiger partial charge < -0.3 is 9.47 Å². The van der Waals surface area contributed by atoms with Crippen LogP contribution in [0.15, 0.2) is 36.5 Å². The molecule has 0 aliphatic heterocycles. The Hall–Kier alpha value is -2.50. The highest BCUT2D eigenvalue weighted by Crippen LogP contribution is 2.56. The first-order valence-electron chi connectivity index (χ1n) is 18.9. The zero-order chi connectivity index (χ0) is 32.8. The van der Waals surface area contributed by atoms with Gasteiger partial charge in [-0.05, 0) is 62.2 Å². The molecule has 0 saturated heterocycles. The first-order chi connectivity index (χ1) is 22.3. The van der Waals surface area contributed by atoms with Gasteiger partial charge in [0, 0.05) is 12.2 Å². The number of esters is 4. The molecule has 256 valence electrons. The highest BCUT2D eigenvalue weighted by atomic mass is 16.6. The van der Waals surface area contributed by atoms with E-state index in [1.807, 2.05) is 0 Å². The van der Waals surface area contributed by atoms with E-state index in [2.05, 4.69) is 38.2 Å². The van der Waals surface area contributed by atoms with Crippen LogP contribution in [0.1, 0.15) is 155 Å². The summed E-state index contributed by atoms with van der Waals surface area (Å²) in [7, 11) is 0. The average molecular weight is 637 g/mol. The van der Waals surface area contributed by atoms with Gasteiger partial charge in [-0.2, -0.15) is 0 Å². The number of allylic oxidation sites excluding steroid dienone is 4. The lowest BCUT2D eigenvalue weighted by molar-refractivity contribution is -0.169. The summed E-state index contributed by atoms with van der Waals surface area (Å²) in [5.41, 5.74) is -1.34. The van der Waals surface area contributed by atoms with Crippen molar-refractivity contribution in [2.75, 3.05) is 0 Å². The van der Waals surface area contributed by atoms with E-state index in [1.54, 1.807) is 0 Å². The topological polar surface area (TPSA) is 86.7 Å². The third kappa shape index (κ3) is 9.53. The fraction of sp³-hybridized carbons (Fsp3) is 0.750. The highest BCUT2D eigenvalue weighted by molar-refractivity contribution is 6.00. The van der Waals surface area contributed by atoms with Crippen molar-refractivity contribution in [2.45, 2.75) is 155 Å². The Balaban J connectivity index is 1.24. The number of unbranched alkanes of at least 4 members (excludes halogenated alkanes) is 14. The maximum absolute atomic E-state index is 13.4. The van der Waals surface area contributed by atoms with Gasteiger partial charge in [0.2, 0.25) is 0 Å². The molecule has 0 spiro atoms. The van der Waals surface area contributed by atoms with Gasteiger partial charge in [0.05, 0.1) is 10.8 Å². The van der Waals surface area contributed by atoms with Crippen molar-refractivity contribution in [3.63, 3.8) is 0 Å². The van der Waals surface area contributed by atoms with E-state index in [4.69, 9.17) is 9.47 Å². The summed E-state index contributed by atoms with van der Waals surface area (Å²) in [6.45, 7) is 4.45. The van der Waals surface area contributed by atoms with Crippen LogP contribution in [0.3, 0.4) is 0 Å². The molecule has 6 atom stereocenters. The summed E-state index contributed by atoms with van der Waals surface area (Å²) in [5, 5.41) is 0. The summed E-state index contributed by atoms with van der Waals surface area (Å²) in [6, 6.07) is 0. The quantitative estimate of drug-likeness (QED) is 0.0386. The second-order valence-electron chi connectivity index (χ2n) is 14.9. The number of rotatable bonds is 22. The van der Waals surface area contributed by atoms with Crippen LogP contribution in [0, 0.1) is 34.5 Å². The molecule has 0 aromatic rings. The molecule has 4 bridgehead atoms. The lowest BCUT2D eigenvalue weighted by atomic mass is 9.72. The first-order valence-corrected chi connectivity index (χ1v) is 18.9. The molecule has 6 heteroatoms. The minimum Gasteiger partial charge on any atom is -0.389 e. The molecule has 46 heavy (non-hydrogen) atoms. The summed E-state index contributed by atoms with van der Waals surface area (Å²) in [6.07, 6.45) is 34.2. The molecule has 6 unspecified atom stereocenters. The molecule has 0 radical (unpaired) electrons. The number of carbonyl (C=O) groups excluding carboxylic acids is 4. The van der Waals surface area contributed by atoms with Gasteiger partial charge in [-0.25, -0.2) is 9.59 Å². The Morgan fingerprint density at radius 2 is 0.891 bits per heavy atom. The summed E-state index contributed by atoms with van der Waals surface area (Å²) < 4.78 is 10.7. The van der Waals surface area contributed by atoms with Gasteiger partial charge >= 0.3 is 23.9 Å². The Bertz CT molecular complexity index is 1030. The number of fused-ring (bicyclic) bond motifs is 4. The summed E-state index contributed by atoms with van der Waals surface area (Å²) >= 11 is 0. The second-order valence-corrected chi connectivity index (χ2v) is 14.9. The van der Waals surface area contributed by atoms with Gasteiger partial charge in [-0.15, -0.1) is 0 Å². The zero-order valence-electron chi connectivity index (χ0n) is 28.8. The van der Waals surface area contributed by atoms with Crippen LogP contribution in [0.2, 0.25) is 0 Å². The summed E-state index contributed by atoms with van der Waals surface area (Å²) in [5.74, 6) is -1.81. The molecule has 2 saturated carbocycles. The van der Waals surface area contributed by atoms with Crippen LogP contribution in [-0.2, 0) is 28.7 Å². The molecule has 4 aliphatic rings. The highest BCUT2D eigenvalue weighted by Gasteiger charge is 2.55. The van der Waals surface area contributed by atoms with Crippen LogP contribution < -0.4 is 0 Å². The van der Waals surface area contributed by atoms with Crippen LogP contribution in [-0.4, -0.2) is 23.9 Å². The third-order valence-corrected chi connectivity index (χ3v) is 11.5. The van der Waals surface area contributed by atoms with Crippen LogP contribution in [0.5, 0.6) is 0 Å². The van der Waals surface area contributed by atoms with E-state index in [0.717, 1.165) is 63.5 Å². The van der Waals surface area contributed by atoms with Gasteiger partial charge in [-0.3, -0.25) is 9.59 Å². The van der Waals surface area contributed by atoms with Crippen molar-refractivity contribution < 1.29 is 28.7 Å². The number of ether oxygens (including phenoxy) is 2. The Morgan fingerprint density at radius 3 is 1.20 bits per heavy atom. The minimum absolute atomic E-state index is 0.0990. The summed E-state index contributed by atoms with van der Waals surface area (Å²) in [4.78, 5) is 52.3. The normalized spacial score (nSPS) is 28.8. The molecule has 2 fully saturated rings. The Labute approximate surface area is 278 Å². The zero-order valence-corrected chi connectivity index (χ0v) is 28.8. The van der Waals surface area contributed by atoms with E-state index in [1.165, 1.54) is 77.0 Å². The maximum Gasteiger partial charge on any atom is 0.338 e. The fourth-order valence-electron chi connectivity index (χ4n) is 8.90. The molecular weight excluding hydrogens is 576 g/mol. The van der Waals surface area contributed by atoms with Gasteiger partial charge in [-0.1, -0.05) is 141 Å². The molecule has 6 nitrogen and oxygen atoms in total. The van der Waals surface area contributed by atoms with E-state index in [9.17, 15) is 19.2 Å². The molecule has 0 aromatic carbocycles. The van der Waals surface area contributed by atoms with Gasteiger partial charge in [0.25, 0.3) is 0 Å². The van der Waals surface area contributed by atoms with Crippen molar-refractivity contribution in [1.29, 1.82) is 0 Å². The number of hydrogen-bond donors (Lipinski definition) is 0. The smallest absolute Gasteiger partial charge is 0.338 e. The molecule has 0 aromatic heterocycles. The van der Waals surface area contributed by atoms with Gasteiger partial charge in [0.15, 0.2) is 0 Å².